The van der Waals surface area contributed by atoms with Crippen molar-refractivity contribution in [1.29, 1.82) is 0 Å². The maximum atomic E-state index is 12.7. The topological polar surface area (TPSA) is 104 Å². The molecular formula is C19H26N2O6S. The monoisotopic (exact) mass is 410 g/mol. The largest absolute Gasteiger partial charge is 0.507 e. The summed E-state index contributed by atoms with van der Waals surface area (Å²) in [5.74, 6) is -1.19. The van der Waals surface area contributed by atoms with Gasteiger partial charge in [0, 0.05) is 26.2 Å². The standard InChI is InChI=1S/C19H26N2O6S/c1-14-5-4-8-20(12-14)18(23)13-27-19(24)16-11-15(6-7-17(16)22)28(25,26)21-9-2-3-10-21/h6-7,11,14,22H,2-5,8-10,12-13H2,1H3/t14-/m1/s1. The first kappa shape index (κ1) is 20.6. The van der Waals surface area contributed by atoms with Gasteiger partial charge in [-0.3, -0.25) is 4.79 Å². The molecule has 1 aromatic carbocycles. The second kappa shape index (κ2) is 8.48. The zero-order valence-electron chi connectivity index (χ0n) is 16.0. The Kier molecular flexibility index (Phi) is 6.24. The van der Waals surface area contributed by atoms with Crippen LogP contribution in [0.2, 0.25) is 0 Å². The number of ether oxygens (including phenoxy) is 1. The molecule has 2 aliphatic heterocycles. The molecule has 2 aliphatic rings. The van der Waals surface area contributed by atoms with Crippen LogP contribution in [-0.2, 0) is 19.6 Å². The smallest absolute Gasteiger partial charge is 0.342 e. The first-order valence-electron chi connectivity index (χ1n) is 9.57. The number of benzene rings is 1. The summed E-state index contributed by atoms with van der Waals surface area (Å²) < 4.78 is 31.7. The predicted molar refractivity (Wildman–Crippen MR) is 101 cm³/mol. The van der Waals surface area contributed by atoms with Gasteiger partial charge in [0.2, 0.25) is 10.0 Å². The van der Waals surface area contributed by atoms with Gasteiger partial charge in [0.15, 0.2) is 6.61 Å². The van der Waals surface area contributed by atoms with Crippen LogP contribution < -0.4 is 0 Å². The number of phenols is 1. The molecule has 1 aromatic rings. The Bertz CT molecular complexity index is 848. The number of amides is 1. The predicted octanol–water partition coefficient (Wildman–Crippen LogP) is 1.59. The van der Waals surface area contributed by atoms with Crippen molar-refractivity contribution in [3.05, 3.63) is 23.8 Å². The van der Waals surface area contributed by atoms with Crippen LogP contribution >= 0.6 is 0 Å². The third kappa shape index (κ3) is 4.47. The summed E-state index contributed by atoms with van der Waals surface area (Å²) in [6, 6.07) is 3.53. The van der Waals surface area contributed by atoms with E-state index >= 15 is 0 Å². The summed E-state index contributed by atoms with van der Waals surface area (Å²) in [4.78, 5) is 26.2. The van der Waals surface area contributed by atoms with Crippen molar-refractivity contribution in [2.45, 2.75) is 37.5 Å². The van der Waals surface area contributed by atoms with Gasteiger partial charge < -0.3 is 14.7 Å². The van der Waals surface area contributed by atoms with E-state index in [1.165, 1.54) is 10.4 Å². The normalized spacial score (nSPS) is 20.9. The number of esters is 1. The highest BCUT2D eigenvalue weighted by atomic mass is 32.2. The Balaban J connectivity index is 1.68. The summed E-state index contributed by atoms with van der Waals surface area (Å²) in [7, 11) is -3.73. The molecule has 0 saturated carbocycles. The molecule has 8 nitrogen and oxygen atoms in total. The highest BCUT2D eigenvalue weighted by molar-refractivity contribution is 7.89. The number of sulfonamides is 1. The highest BCUT2D eigenvalue weighted by Gasteiger charge is 2.29. The van der Waals surface area contributed by atoms with Gasteiger partial charge >= 0.3 is 5.97 Å². The molecule has 0 spiro atoms. The van der Waals surface area contributed by atoms with E-state index < -0.39 is 22.6 Å². The van der Waals surface area contributed by atoms with Crippen LogP contribution in [0, 0.1) is 5.92 Å². The van der Waals surface area contributed by atoms with Gasteiger partial charge in [-0.2, -0.15) is 4.31 Å². The summed E-state index contributed by atoms with van der Waals surface area (Å²) >= 11 is 0. The van der Waals surface area contributed by atoms with E-state index in [9.17, 15) is 23.1 Å². The third-order valence-corrected chi connectivity index (χ3v) is 7.12. The number of aromatic hydroxyl groups is 1. The molecule has 0 unspecified atom stereocenters. The molecule has 28 heavy (non-hydrogen) atoms. The zero-order valence-corrected chi connectivity index (χ0v) is 16.8. The van der Waals surface area contributed by atoms with E-state index in [0.29, 0.717) is 32.1 Å². The molecule has 3 rings (SSSR count). The van der Waals surface area contributed by atoms with Gasteiger partial charge in [0.25, 0.3) is 5.91 Å². The SMILES string of the molecule is C[C@@H]1CCCN(C(=O)COC(=O)c2cc(S(=O)(=O)N3CCCC3)ccc2O)C1. The van der Waals surface area contributed by atoms with E-state index in [1.807, 2.05) is 0 Å². The fraction of sp³-hybridized carbons (Fsp3) is 0.579. The minimum absolute atomic E-state index is 0.0738. The Morgan fingerprint density at radius 1 is 1.18 bits per heavy atom. The lowest BCUT2D eigenvalue weighted by molar-refractivity contribution is -0.136. The number of likely N-dealkylation sites (tertiary alicyclic amines) is 1. The first-order chi connectivity index (χ1) is 13.3. The van der Waals surface area contributed by atoms with Crippen LogP contribution in [-0.4, -0.2) is 67.4 Å². The van der Waals surface area contributed by atoms with Gasteiger partial charge in [0.05, 0.1) is 4.90 Å². The molecule has 0 aromatic heterocycles. The molecule has 0 radical (unpaired) electrons. The maximum absolute atomic E-state index is 12.7. The fourth-order valence-electron chi connectivity index (χ4n) is 3.63. The lowest BCUT2D eigenvalue weighted by atomic mass is 10.0. The van der Waals surface area contributed by atoms with Crippen LogP contribution in [0.4, 0.5) is 0 Å². The number of rotatable bonds is 5. The van der Waals surface area contributed by atoms with Crippen molar-refractivity contribution in [2.75, 3.05) is 32.8 Å². The second-order valence-corrected chi connectivity index (χ2v) is 9.39. The molecule has 1 N–H and O–H groups in total. The summed E-state index contributed by atoms with van der Waals surface area (Å²) in [6.45, 7) is 3.77. The minimum Gasteiger partial charge on any atom is -0.507 e. The summed E-state index contributed by atoms with van der Waals surface area (Å²) in [6.07, 6.45) is 3.57. The van der Waals surface area contributed by atoms with Crippen LogP contribution in [0.3, 0.4) is 0 Å². The van der Waals surface area contributed by atoms with Crippen LogP contribution in [0.25, 0.3) is 0 Å². The number of hydrogen-bond donors (Lipinski definition) is 1. The number of phenolic OH excluding ortho intramolecular Hbond substituents is 1. The minimum atomic E-state index is -3.73. The van der Waals surface area contributed by atoms with Crippen molar-refractivity contribution >= 4 is 21.9 Å². The van der Waals surface area contributed by atoms with E-state index in [0.717, 1.165) is 37.8 Å². The lowest BCUT2D eigenvalue weighted by Gasteiger charge is -2.30. The van der Waals surface area contributed by atoms with Gasteiger partial charge in [0.1, 0.15) is 11.3 Å². The molecular weight excluding hydrogens is 384 g/mol. The molecule has 9 heteroatoms. The lowest BCUT2D eigenvalue weighted by Crippen LogP contribution is -2.41. The van der Waals surface area contributed by atoms with Gasteiger partial charge in [-0.15, -0.1) is 0 Å². The molecule has 1 atom stereocenters. The molecule has 2 saturated heterocycles. The van der Waals surface area contributed by atoms with E-state index in [1.54, 1.807) is 4.90 Å². The molecule has 1 amide bonds. The number of hydrogen-bond acceptors (Lipinski definition) is 6. The van der Waals surface area contributed by atoms with Crippen molar-refractivity contribution in [3.63, 3.8) is 0 Å². The molecule has 0 bridgehead atoms. The number of piperidine rings is 1. The van der Waals surface area contributed by atoms with E-state index in [4.69, 9.17) is 4.74 Å². The Morgan fingerprint density at radius 2 is 1.89 bits per heavy atom. The van der Waals surface area contributed by atoms with Crippen LogP contribution in [0.15, 0.2) is 23.1 Å². The molecule has 154 valence electrons. The number of carbonyl (C=O) groups excluding carboxylic acids is 2. The van der Waals surface area contributed by atoms with Gasteiger partial charge in [-0.05, 0) is 49.8 Å². The molecule has 2 fully saturated rings. The van der Waals surface area contributed by atoms with Gasteiger partial charge in [-0.1, -0.05) is 6.92 Å². The average Bonchev–Trinajstić information content (AvgIpc) is 3.21. The molecule has 0 aliphatic carbocycles. The van der Waals surface area contributed by atoms with Crippen molar-refractivity contribution in [2.24, 2.45) is 5.92 Å². The van der Waals surface area contributed by atoms with Gasteiger partial charge in [-0.25, -0.2) is 13.2 Å². The van der Waals surface area contributed by atoms with Crippen molar-refractivity contribution in [1.82, 2.24) is 9.21 Å². The fourth-order valence-corrected chi connectivity index (χ4v) is 5.17. The zero-order chi connectivity index (χ0) is 20.3. The van der Waals surface area contributed by atoms with Crippen LogP contribution in [0.5, 0.6) is 5.75 Å². The Labute approximate surface area is 165 Å². The van der Waals surface area contributed by atoms with Crippen molar-refractivity contribution < 1.29 is 27.9 Å². The Morgan fingerprint density at radius 3 is 2.57 bits per heavy atom. The average molecular weight is 410 g/mol. The number of nitrogens with zero attached hydrogens (tertiary/aromatic N) is 2. The van der Waals surface area contributed by atoms with Crippen LogP contribution in [0.1, 0.15) is 43.0 Å². The Hall–Kier alpha value is -2.13. The summed E-state index contributed by atoms with van der Waals surface area (Å²) in [5.41, 5.74) is -0.264. The van der Waals surface area contributed by atoms with E-state index in [-0.39, 0.29) is 22.1 Å². The van der Waals surface area contributed by atoms with Crippen molar-refractivity contribution in [3.8, 4) is 5.75 Å². The second-order valence-electron chi connectivity index (χ2n) is 7.45. The quantitative estimate of drug-likeness (QED) is 0.740. The first-order valence-corrected chi connectivity index (χ1v) is 11.0. The summed E-state index contributed by atoms with van der Waals surface area (Å²) in [5, 5.41) is 9.98. The number of carbonyl (C=O) groups is 2. The maximum Gasteiger partial charge on any atom is 0.342 e. The molecule has 2 heterocycles. The van der Waals surface area contributed by atoms with E-state index in [2.05, 4.69) is 6.92 Å². The third-order valence-electron chi connectivity index (χ3n) is 5.23. The highest BCUT2D eigenvalue weighted by Crippen LogP contribution is 2.26.